The normalized spacial score (nSPS) is 27.2. The molecular weight excluding hydrogens is 218 g/mol. The number of carbonyl (C=O) groups excluding carboxylic acids is 2. The number of anilines is 1. The predicted molar refractivity (Wildman–Crippen MR) is 61.6 cm³/mol. The summed E-state index contributed by atoms with van der Waals surface area (Å²) in [6.45, 7) is 1.80. The molecule has 1 aromatic carbocycles. The molecule has 0 N–H and O–H groups in total. The van der Waals surface area contributed by atoms with Gasteiger partial charge in [0.2, 0.25) is 5.91 Å². The van der Waals surface area contributed by atoms with E-state index in [0.29, 0.717) is 24.1 Å². The SMILES string of the molecule is CC12CCCC(=O)N1c1ccccc1C(=O)O2. The molecule has 0 spiro atoms. The van der Waals surface area contributed by atoms with Crippen molar-refractivity contribution in [2.24, 2.45) is 0 Å². The van der Waals surface area contributed by atoms with E-state index >= 15 is 0 Å². The number of para-hydroxylation sites is 1. The van der Waals surface area contributed by atoms with Gasteiger partial charge in [0.1, 0.15) is 0 Å². The van der Waals surface area contributed by atoms with Crippen molar-refractivity contribution < 1.29 is 14.3 Å². The summed E-state index contributed by atoms with van der Waals surface area (Å²) in [6.07, 6.45) is 1.97. The third-order valence-corrected chi connectivity index (χ3v) is 3.43. The number of esters is 1. The van der Waals surface area contributed by atoms with Gasteiger partial charge >= 0.3 is 5.97 Å². The van der Waals surface area contributed by atoms with Crippen molar-refractivity contribution in [3.05, 3.63) is 29.8 Å². The monoisotopic (exact) mass is 231 g/mol. The molecule has 2 aliphatic rings. The molecule has 17 heavy (non-hydrogen) atoms. The van der Waals surface area contributed by atoms with E-state index in [1.165, 1.54) is 0 Å². The lowest BCUT2D eigenvalue weighted by Gasteiger charge is -2.46. The van der Waals surface area contributed by atoms with E-state index < -0.39 is 5.72 Å². The highest BCUT2D eigenvalue weighted by atomic mass is 16.6. The summed E-state index contributed by atoms with van der Waals surface area (Å²) in [5, 5.41) is 0. The fraction of sp³-hybridized carbons (Fsp3) is 0.385. The summed E-state index contributed by atoms with van der Waals surface area (Å²) in [5.41, 5.74) is 0.344. The largest absolute Gasteiger partial charge is 0.435 e. The molecule has 0 saturated carbocycles. The Hall–Kier alpha value is -1.84. The highest BCUT2D eigenvalue weighted by Gasteiger charge is 2.47. The maximum Gasteiger partial charge on any atom is 0.342 e. The molecule has 1 aromatic rings. The number of piperidine rings is 1. The van der Waals surface area contributed by atoms with Gasteiger partial charge in [-0.2, -0.15) is 0 Å². The number of carbonyl (C=O) groups is 2. The van der Waals surface area contributed by atoms with E-state index in [1.54, 1.807) is 30.0 Å². The molecule has 0 radical (unpaired) electrons. The second-order valence-electron chi connectivity index (χ2n) is 4.66. The minimum absolute atomic E-state index is 0.0266. The fourth-order valence-electron chi connectivity index (χ4n) is 2.64. The summed E-state index contributed by atoms with van der Waals surface area (Å²) in [6, 6.07) is 7.10. The van der Waals surface area contributed by atoms with Crippen LogP contribution in [0.5, 0.6) is 0 Å². The lowest BCUT2D eigenvalue weighted by atomic mass is 9.95. The van der Waals surface area contributed by atoms with E-state index in [-0.39, 0.29) is 11.9 Å². The smallest absolute Gasteiger partial charge is 0.342 e. The number of rotatable bonds is 0. The van der Waals surface area contributed by atoms with Gasteiger partial charge in [-0.25, -0.2) is 4.79 Å². The molecule has 4 nitrogen and oxygen atoms in total. The van der Waals surface area contributed by atoms with Gasteiger partial charge in [0.15, 0.2) is 5.72 Å². The van der Waals surface area contributed by atoms with Crippen LogP contribution in [0.1, 0.15) is 36.5 Å². The quantitative estimate of drug-likeness (QED) is 0.642. The van der Waals surface area contributed by atoms with Crippen LogP contribution in [-0.4, -0.2) is 17.6 Å². The summed E-state index contributed by atoms with van der Waals surface area (Å²) in [5.74, 6) is -0.312. The third kappa shape index (κ3) is 1.37. The van der Waals surface area contributed by atoms with Crippen molar-refractivity contribution in [2.45, 2.75) is 31.9 Å². The number of hydrogen-bond acceptors (Lipinski definition) is 3. The first kappa shape index (κ1) is 10.3. The molecule has 3 rings (SSSR count). The Morgan fingerprint density at radius 2 is 2.06 bits per heavy atom. The van der Waals surface area contributed by atoms with Crippen molar-refractivity contribution in [3.63, 3.8) is 0 Å². The molecule has 0 aliphatic carbocycles. The average molecular weight is 231 g/mol. The van der Waals surface area contributed by atoms with E-state index in [0.717, 1.165) is 6.42 Å². The molecule has 1 fully saturated rings. The van der Waals surface area contributed by atoms with Crippen LogP contribution in [0.3, 0.4) is 0 Å². The Bertz CT molecular complexity index is 511. The summed E-state index contributed by atoms with van der Waals surface area (Å²) in [4.78, 5) is 25.6. The van der Waals surface area contributed by atoms with E-state index in [1.807, 2.05) is 6.07 Å². The van der Waals surface area contributed by atoms with Gasteiger partial charge in [0.25, 0.3) is 0 Å². The van der Waals surface area contributed by atoms with Crippen molar-refractivity contribution in [3.8, 4) is 0 Å². The first-order chi connectivity index (χ1) is 8.12. The van der Waals surface area contributed by atoms with Crippen LogP contribution < -0.4 is 4.90 Å². The summed E-state index contributed by atoms with van der Waals surface area (Å²) in [7, 11) is 0. The van der Waals surface area contributed by atoms with Crippen LogP contribution >= 0.6 is 0 Å². The van der Waals surface area contributed by atoms with Gasteiger partial charge in [-0.15, -0.1) is 0 Å². The number of amides is 1. The highest BCUT2D eigenvalue weighted by Crippen LogP contribution is 2.40. The average Bonchev–Trinajstić information content (AvgIpc) is 2.28. The van der Waals surface area contributed by atoms with Crippen LogP contribution in [0.25, 0.3) is 0 Å². The van der Waals surface area contributed by atoms with Gasteiger partial charge in [-0.1, -0.05) is 12.1 Å². The number of benzene rings is 1. The van der Waals surface area contributed by atoms with E-state index in [2.05, 4.69) is 0 Å². The predicted octanol–water partition coefficient (Wildman–Crippen LogP) is 2.09. The standard InChI is InChI=1S/C13H13NO3/c1-13-8-4-7-11(15)14(13)10-6-3-2-5-9(10)12(16)17-13/h2-3,5-6H,4,7-8H2,1H3. The zero-order valence-electron chi connectivity index (χ0n) is 9.60. The molecule has 4 heteroatoms. The second kappa shape index (κ2) is 3.32. The van der Waals surface area contributed by atoms with E-state index in [4.69, 9.17) is 4.74 Å². The molecule has 88 valence electrons. The molecule has 1 saturated heterocycles. The Kier molecular flexibility index (Phi) is 2.02. The molecule has 2 aliphatic heterocycles. The lowest BCUT2D eigenvalue weighted by molar-refractivity contribution is -0.127. The summed E-state index contributed by atoms with van der Waals surface area (Å²) < 4.78 is 5.44. The van der Waals surface area contributed by atoms with E-state index in [9.17, 15) is 9.59 Å². The van der Waals surface area contributed by atoms with Crippen molar-refractivity contribution in [2.75, 3.05) is 4.90 Å². The molecular formula is C13H13NO3. The molecule has 2 heterocycles. The second-order valence-corrected chi connectivity index (χ2v) is 4.66. The molecule has 0 bridgehead atoms. The van der Waals surface area contributed by atoms with Crippen molar-refractivity contribution in [1.29, 1.82) is 0 Å². The van der Waals surface area contributed by atoms with Gasteiger partial charge in [0.05, 0.1) is 11.3 Å². The Labute approximate surface area is 99.2 Å². The van der Waals surface area contributed by atoms with Crippen molar-refractivity contribution in [1.82, 2.24) is 0 Å². The maximum absolute atomic E-state index is 12.0. The maximum atomic E-state index is 12.0. The zero-order valence-corrected chi connectivity index (χ0v) is 9.60. The van der Waals surface area contributed by atoms with Crippen LogP contribution in [0.2, 0.25) is 0 Å². The summed E-state index contributed by atoms with van der Waals surface area (Å²) >= 11 is 0. The lowest BCUT2D eigenvalue weighted by Crippen LogP contribution is -2.58. The van der Waals surface area contributed by atoms with Crippen LogP contribution in [-0.2, 0) is 9.53 Å². The Balaban J connectivity index is 2.19. The Morgan fingerprint density at radius 1 is 1.29 bits per heavy atom. The first-order valence-electron chi connectivity index (χ1n) is 5.77. The molecule has 1 atom stereocenters. The van der Waals surface area contributed by atoms with Crippen LogP contribution in [0.15, 0.2) is 24.3 Å². The molecule has 1 unspecified atom stereocenters. The number of nitrogens with zero attached hydrogens (tertiary/aromatic N) is 1. The van der Waals surface area contributed by atoms with Gasteiger partial charge in [0, 0.05) is 12.8 Å². The van der Waals surface area contributed by atoms with Crippen LogP contribution in [0.4, 0.5) is 5.69 Å². The fourth-order valence-corrected chi connectivity index (χ4v) is 2.64. The first-order valence-corrected chi connectivity index (χ1v) is 5.77. The topological polar surface area (TPSA) is 46.6 Å². The zero-order chi connectivity index (χ0) is 12.0. The Morgan fingerprint density at radius 3 is 2.88 bits per heavy atom. The number of fused-ring (bicyclic) bond motifs is 3. The van der Waals surface area contributed by atoms with Crippen molar-refractivity contribution >= 4 is 17.6 Å². The van der Waals surface area contributed by atoms with Gasteiger partial charge < -0.3 is 4.74 Å². The third-order valence-electron chi connectivity index (χ3n) is 3.43. The molecule has 0 aromatic heterocycles. The minimum atomic E-state index is -0.805. The highest BCUT2D eigenvalue weighted by molar-refractivity contribution is 6.06. The van der Waals surface area contributed by atoms with Gasteiger partial charge in [-0.05, 0) is 25.5 Å². The molecule has 1 amide bonds. The number of ether oxygens (including phenoxy) is 1. The van der Waals surface area contributed by atoms with Gasteiger partial charge in [-0.3, -0.25) is 9.69 Å². The number of hydrogen-bond donors (Lipinski definition) is 0. The minimum Gasteiger partial charge on any atom is -0.435 e. The van der Waals surface area contributed by atoms with Crippen LogP contribution in [0, 0.1) is 0 Å².